The third-order valence-corrected chi connectivity index (χ3v) is 3.36. The van der Waals surface area contributed by atoms with Crippen LogP contribution in [0.15, 0.2) is 42.5 Å². The Morgan fingerprint density at radius 1 is 1.17 bits per heavy atom. The van der Waals surface area contributed by atoms with Crippen LogP contribution >= 0.6 is 0 Å². The van der Waals surface area contributed by atoms with Crippen LogP contribution in [-0.2, 0) is 0 Å². The average molecular weight is 312 g/mol. The topological polar surface area (TPSA) is 66.8 Å². The van der Waals surface area contributed by atoms with Gasteiger partial charge in [0, 0.05) is 17.2 Å². The van der Waals surface area contributed by atoms with Crippen LogP contribution < -0.4 is 4.74 Å². The van der Waals surface area contributed by atoms with E-state index < -0.39 is 0 Å². The molecule has 2 rings (SSSR count). The molecule has 0 saturated heterocycles. The van der Waals surface area contributed by atoms with Crippen LogP contribution in [0, 0.1) is 6.92 Å². The summed E-state index contributed by atoms with van der Waals surface area (Å²) in [4.78, 5) is 12.1. The molecule has 0 atom stereocenters. The van der Waals surface area contributed by atoms with E-state index in [1.165, 1.54) is 18.2 Å². The number of carbonyl (C=O) groups is 1. The molecule has 2 N–H and O–H groups in total. The van der Waals surface area contributed by atoms with Crippen molar-refractivity contribution < 1.29 is 19.7 Å². The molecule has 2 aromatic carbocycles. The number of phenolic OH excluding ortho intramolecular Hbond substituents is 2. The van der Waals surface area contributed by atoms with Gasteiger partial charge in [-0.2, -0.15) is 0 Å². The molecule has 0 heterocycles. The summed E-state index contributed by atoms with van der Waals surface area (Å²) in [6, 6.07) is 9.43. The SMILES string of the molecule is CCCOc1cc(O)c(C)cc1/C=C/C(=O)c1ccc(O)cc1. The van der Waals surface area contributed by atoms with E-state index >= 15 is 0 Å². The van der Waals surface area contributed by atoms with Crippen LogP contribution in [0.5, 0.6) is 17.2 Å². The molecule has 0 fully saturated rings. The van der Waals surface area contributed by atoms with Crippen molar-refractivity contribution >= 4 is 11.9 Å². The van der Waals surface area contributed by atoms with Gasteiger partial charge in [-0.25, -0.2) is 0 Å². The first-order valence-electron chi connectivity index (χ1n) is 7.49. The normalized spacial score (nSPS) is 10.9. The summed E-state index contributed by atoms with van der Waals surface area (Å²) in [5, 5.41) is 19.1. The van der Waals surface area contributed by atoms with Crippen LogP contribution in [0.4, 0.5) is 0 Å². The maximum Gasteiger partial charge on any atom is 0.185 e. The maximum absolute atomic E-state index is 12.1. The minimum atomic E-state index is -0.169. The van der Waals surface area contributed by atoms with Gasteiger partial charge in [-0.3, -0.25) is 4.79 Å². The number of ether oxygens (including phenoxy) is 1. The van der Waals surface area contributed by atoms with E-state index in [1.807, 2.05) is 6.92 Å². The Hall–Kier alpha value is -2.75. The Kier molecular flexibility index (Phi) is 5.41. The van der Waals surface area contributed by atoms with Crippen molar-refractivity contribution in [3.63, 3.8) is 0 Å². The van der Waals surface area contributed by atoms with E-state index in [9.17, 15) is 15.0 Å². The predicted molar refractivity (Wildman–Crippen MR) is 90.1 cm³/mol. The fraction of sp³-hybridized carbons (Fsp3) is 0.211. The largest absolute Gasteiger partial charge is 0.508 e. The summed E-state index contributed by atoms with van der Waals surface area (Å²) in [6.45, 7) is 4.32. The first kappa shape index (κ1) is 16.6. The summed E-state index contributed by atoms with van der Waals surface area (Å²) in [7, 11) is 0. The van der Waals surface area contributed by atoms with Gasteiger partial charge < -0.3 is 14.9 Å². The first-order chi connectivity index (χ1) is 11.0. The lowest BCUT2D eigenvalue weighted by Gasteiger charge is -2.10. The Bertz CT molecular complexity index is 715. The molecule has 4 heteroatoms. The molecule has 0 radical (unpaired) electrons. The molecule has 0 amide bonds. The van der Waals surface area contributed by atoms with Crippen LogP contribution in [0.1, 0.15) is 34.8 Å². The minimum Gasteiger partial charge on any atom is -0.508 e. The molecule has 120 valence electrons. The van der Waals surface area contributed by atoms with Gasteiger partial charge in [0.05, 0.1) is 6.61 Å². The average Bonchev–Trinajstić information content (AvgIpc) is 2.54. The number of allylic oxidation sites excluding steroid dienone is 1. The van der Waals surface area contributed by atoms with Gasteiger partial charge in [0.25, 0.3) is 0 Å². The summed E-state index contributed by atoms with van der Waals surface area (Å²) in [5.41, 5.74) is 1.94. The molecule has 0 aliphatic heterocycles. The van der Waals surface area contributed by atoms with Crippen molar-refractivity contribution in [1.29, 1.82) is 0 Å². The van der Waals surface area contributed by atoms with Crippen LogP contribution in [0.2, 0.25) is 0 Å². The number of aromatic hydroxyl groups is 2. The minimum absolute atomic E-state index is 0.120. The van der Waals surface area contributed by atoms with Crippen molar-refractivity contribution in [1.82, 2.24) is 0 Å². The highest BCUT2D eigenvalue weighted by Gasteiger charge is 2.07. The number of aryl methyl sites for hydroxylation is 1. The van der Waals surface area contributed by atoms with Gasteiger partial charge in [-0.1, -0.05) is 6.92 Å². The van der Waals surface area contributed by atoms with Crippen LogP contribution in [-0.4, -0.2) is 22.6 Å². The van der Waals surface area contributed by atoms with E-state index in [2.05, 4.69) is 0 Å². The molecular weight excluding hydrogens is 292 g/mol. The monoisotopic (exact) mass is 312 g/mol. The number of hydrogen-bond acceptors (Lipinski definition) is 4. The van der Waals surface area contributed by atoms with Crippen molar-refractivity contribution in [2.75, 3.05) is 6.61 Å². The molecule has 0 unspecified atom stereocenters. The highest BCUT2D eigenvalue weighted by atomic mass is 16.5. The van der Waals surface area contributed by atoms with Crippen molar-refractivity contribution in [3.8, 4) is 17.2 Å². The molecule has 0 aliphatic carbocycles. The number of phenols is 2. The highest BCUT2D eigenvalue weighted by Crippen LogP contribution is 2.29. The summed E-state index contributed by atoms with van der Waals surface area (Å²) < 4.78 is 5.62. The Labute approximate surface area is 135 Å². The molecule has 0 aliphatic rings. The molecule has 23 heavy (non-hydrogen) atoms. The lowest BCUT2D eigenvalue weighted by atomic mass is 10.1. The molecule has 0 spiro atoms. The molecule has 0 bridgehead atoms. The Balaban J connectivity index is 2.25. The zero-order valence-electron chi connectivity index (χ0n) is 13.2. The second-order valence-electron chi connectivity index (χ2n) is 5.27. The van der Waals surface area contributed by atoms with Gasteiger partial charge >= 0.3 is 0 Å². The van der Waals surface area contributed by atoms with Crippen molar-refractivity contribution in [3.05, 3.63) is 59.2 Å². The molecule has 4 nitrogen and oxygen atoms in total. The van der Waals surface area contributed by atoms with E-state index in [0.29, 0.717) is 23.5 Å². The maximum atomic E-state index is 12.1. The number of benzene rings is 2. The Morgan fingerprint density at radius 3 is 2.52 bits per heavy atom. The van der Waals surface area contributed by atoms with E-state index in [1.54, 1.807) is 37.3 Å². The standard InChI is InChI=1S/C19H20O4/c1-3-10-23-19-12-18(22)13(2)11-15(19)6-9-17(21)14-4-7-16(20)8-5-14/h4-9,11-12,20,22H,3,10H2,1-2H3/b9-6+. The Morgan fingerprint density at radius 2 is 1.87 bits per heavy atom. The van der Waals surface area contributed by atoms with E-state index in [4.69, 9.17) is 4.74 Å². The fourth-order valence-corrected chi connectivity index (χ4v) is 2.05. The zero-order chi connectivity index (χ0) is 16.8. The number of ketones is 1. The lowest BCUT2D eigenvalue weighted by Crippen LogP contribution is -1.98. The summed E-state index contributed by atoms with van der Waals surface area (Å²) in [6.07, 6.45) is 3.98. The van der Waals surface area contributed by atoms with Gasteiger partial charge in [-0.05, 0) is 61.4 Å². The summed E-state index contributed by atoms with van der Waals surface area (Å²) >= 11 is 0. The quantitative estimate of drug-likeness (QED) is 0.623. The van der Waals surface area contributed by atoms with Gasteiger partial charge in [0.2, 0.25) is 0 Å². The van der Waals surface area contributed by atoms with Gasteiger partial charge in [0.15, 0.2) is 5.78 Å². The molecule has 0 aromatic heterocycles. The smallest absolute Gasteiger partial charge is 0.185 e. The zero-order valence-corrected chi connectivity index (χ0v) is 13.2. The van der Waals surface area contributed by atoms with Crippen molar-refractivity contribution in [2.45, 2.75) is 20.3 Å². The highest BCUT2D eigenvalue weighted by molar-refractivity contribution is 6.07. The third kappa shape index (κ3) is 4.36. The third-order valence-electron chi connectivity index (χ3n) is 3.36. The van der Waals surface area contributed by atoms with Gasteiger partial charge in [0.1, 0.15) is 17.2 Å². The van der Waals surface area contributed by atoms with E-state index in [0.717, 1.165) is 12.0 Å². The first-order valence-corrected chi connectivity index (χ1v) is 7.49. The number of hydrogen-bond donors (Lipinski definition) is 2. The fourth-order valence-electron chi connectivity index (χ4n) is 2.05. The van der Waals surface area contributed by atoms with Crippen LogP contribution in [0.3, 0.4) is 0 Å². The molecular formula is C19H20O4. The second-order valence-corrected chi connectivity index (χ2v) is 5.27. The van der Waals surface area contributed by atoms with Crippen LogP contribution in [0.25, 0.3) is 6.08 Å². The lowest BCUT2D eigenvalue weighted by molar-refractivity contribution is 0.104. The number of rotatable bonds is 6. The number of carbonyl (C=O) groups excluding carboxylic acids is 1. The second kappa shape index (κ2) is 7.49. The predicted octanol–water partition coefficient (Wildman–Crippen LogP) is 4.09. The van der Waals surface area contributed by atoms with E-state index in [-0.39, 0.29) is 17.3 Å². The summed E-state index contributed by atoms with van der Waals surface area (Å²) in [5.74, 6) is 0.662. The molecule has 2 aromatic rings. The van der Waals surface area contributed by atoms with Crippen molar-refractivity contribution in [2.24, 2.45) is 0 Å². The molecule has 0 saturated carbocycles. The van der Waals surface area contributed by atoms with Gasteiger partial charge in [-0.15, -0.1) is 0 Å².